The molecule has 0 saturated carbocycles. The van der Waals surface area contributed by atoms with E-state index in [1.165, 1.54) is 0 Å². The Hall–Kier alpha value is -1.11. The molecule has 1 aromatic rings. The number of halogens is 1. The second-order valence-electron chi connectivity index (χ2n) is 4.03. The highest BCUT2D eigenvalue weighted by Crippen LogP contribution is 2.37. The van der Waals surface area contributed by atoms with E-state index >= 15 is 0 Å². The Kier molecular flexibility index (Phi) is 4.21. The Morgan fingerprint density at radius 3 is 2.94 bits per heavy atom. The Morgan fingerprint density at radius 1 is 1.44 bits per heavy atom. The smallest absolute Gasteiger partial charge is 0.245 e. The Labute approximate surface area is 114 Å². The van der Waals surface area contributed by atoms with Crippen LogP contribution in [0.25, 0.3) is 0 Å². The molecule has 1 amide bonds. The van der Waals surface area contributed by atoms with Crippen LogP contribution in [-0.4, -0.2) is 26.2 Å². The van der Waals surface area contributed by atoms with Crippen LogP contribution in [0, 0.1) is 0 Å². The molecule has 1 aliphatic heterocycles. The molecular formula is C12H15BrN2O3. The van der Waals surface area contributed by atoms with Gasteiger partial charge in [0.15, 0.2) is 0 Å². The molecule has 0 saturated heterocycles. The lowest BCUT2D eigenvalue weighted by Gasteiger charge is -2.10. The average molecular weight is 315 g/mol. The summed E-state index contributed by atoms with van der Waals surface area (Å²) >= 11 is 3.42. The van der Waals surface area contributed by atoms with Crippen LogP contribution in [-0.2, 0) is 9.53 Å². The lowest BCUT2D eigenvalue weighted by molar-refractivity contribution is -0.116. The van der Waals surface area contributed by atoms with E-state index in [1.54, 1.807) is 13.2 Å². The lowest BCUT2D eigenvalue weighted by atomic mass is 10.1. The standard InChI is InChI=1S/C12H15BrN2O3/c1-17-3-2-4-18-10-6-9-7(5-8(10)13)11(14)12(16)15-9/h5-6,11H,2-4,14H2,1H3,(H,15,16). The van der Waals surface area contributed by atoms with Crippen LogP contribution in [0.15, 0.2) is 16.6 Å². The number of carbonyl (C=O) groups excluding carboxylic acids is 1. The van der Waals surface area contributed by atoms with Gasteiger partial charge in [0, 0.05) is 37.5 Å². The SMILES string of the molecule is COCCCOc1cc2c(cc1Br)C(N)C(=O)N2. The van der Waals surface area contributed by atoms with Crippen molar-refractivity contribution in [2.45, 2.75) is 12.5 Å². The van der Waals surface area contributed by atoms with Gasteiger partial charge in [0.05, 0.1) is 11.1 Å². The Balaban J connectivity index is 2.10. The molecule has 2 rings (SSSR count). The minimum absolute atomic E-state index is 0.187. The van der Waals surface area contributed by atoms with E-state index in [0.717, 1.165) is 22.1 Å². The van der Waals surface area contributed by atoms with Crippen molar-refractivity contribution in [3.63, 3.8) is 0 Å². The fourth-order valence-electron chi connectivity index (χ4n) is 1.78. The molecule has 0 fully saturated rings. The van der Waals surface area contributed by atoms with Crippen LogP contribution in [0.2, 0.25) is 0 Å². The van der Waals surface area contributed by atoms with Crippen molar-refractivity contribution in [1.29, 1.82) is 0 Å². The molecule has 98 valence electrons. The lowest BCUT2D eigenvalue weighted by Crippen LogP contribution is -2.19. The third-order valence-electron chi connectivity index (χ3n) is 2.73. The van der Waals surface area contributed by atoms with Gasteiger partial charge in [-0.2, -0.15) is 0 Å². The quantitative estimate of drug-likeness (QED) is 0.813. The highest BCUT2D eigenvalue weighted by molar-refractivity contribution is 9.10. The van der Waals surface area contributed by atoms with E-state index in [-0.39, 0.29) is 5.91 Å². The Morgan fingerprint density at radius 2 is 2.22 bits per heavy atom. The molecule has 1 aliphatic rings. The third kappa shape index (κ3) is 2.66. The molecule has 1 unspecified atom stereocenters. The largest absolute Gasteiger partial charge is 0.492 e. The summed E-state index contributed by atoms with van der Waals surface area (Å²) in [5.74, 6) is 0.507. The average Bonchev–Trinajstić information content (AvgIpc) is 2.61. The summed E-state index contributed by atoms with van der Waals surface area (Å²) in [6.45, 7) is 1.22. The van der Waals surface area contributed by atoms with Gasteiger partial charge in [-0.15, -0.1) is 0 Å². The Bertz CT molecular complexity index is 465. The molecule has 3 N–H and O–H groups in total. The highest BCUT2D eigenvalue weighted by atomic mass is 79.9. The first-order valence-corrected chi connectivity index (χ1v) is 6.44. The summed E-state index contributed by atoms with van der Waals surface area (Å²) in [4.78, 5) is 11.4. The number of ether oxygens (including phenoxy) is 2. The number of nitrogens with two attached hydrogens (primary N) is 1. The minimum Gasteiger partial charge on any atom is -0.492 e. The van der Waals surface area contributed by atoms with E-state index in [0.29, 0.717) is 19.0 Å². The molecule has 1 heterocycles. The number of fused-ring (bicyclic) bond motifs is 1. The van der Waals surface area contributed by atoms with Gasteiger partial charge < -0.3 is 20.5 Å². The van der Waals surface area contributed by atoms with Crippen LogP contribution in [0.5, 0.6) is 5.75 Å². The maximum atomic E-state index is 11.4. The van der Waals surface area contributed by atoms with Crippen molar-refractivity contribution in [3.05, 3.63) is 22.2 Å². The number of hydrogen-bond acceptors (Lipinski definition) is 4. The molecule has 1 aromatic carbocycles. The van der Waals surface area contributed by atoms with Crippen LogP contribution < -0.4 is 15.8 Å². The number of hydrogen-bond donors (Lipinski definition) is 2. The van der Waals surface area contributed by atoms with Crippen LogP contribution in [0.4, 0.5) is 5.69 Å². The molecule has 0 spiro atoms. The van der Waals surface area contributed by atoms with Gasteiger partial charge >= 0.3 is 0 Å². The van der Waals surface area contributed by atoms with Crippen molar-refractivity contribution in [2.75, 3.05) is 25.6 Å². The van der Waals surface area contributed by atoms with E-state index in [1.807, 2.05) is 6.07 Å². The van der Waals surface area contributed by atoms with Gasteiger partial charge in [-0.25, -0.2) is 0 Å². The zero-order chi connectivity index (χ0) is 13.1. The second-order valence-corrected chi connectivity index (χ2v) is 4.89. The summed E-state index contributed by atoms with van der Waals surface area (Å²) in [6, 6.07) is 3.01. The monoisotopic (exact) mass is 314 g/mol. The maximum absolute atomic E-state index is 11.4. The zero-order valence-corrected chi connectivity index (χ0v) is 11.6. The van der Waals surface area contributed by atoms with E-state index in [4.69, 9.17) is 15.2 Å². The van der Waals surface area contributed by atoms with E-state index in [9.17, 15) is 4.79 Å². The number of nitrogens with one attached hydrogen (secondary N) is 1. The van der Waals surface area contributed by atoms with Crippen molar-refractivity contribution >= 4 is 27.5 Å². The van der Waals surface area contributed by atoms with Crippen LogP contribution in [0.1, 0.15) is 18.0 Å². The normalized spacial score (nSPS) is 17.5. The fourth-order valence-corrected chi connectivity index (χ4v) is 2.26. The van der Waals surface area contributed by atoms with Crippen molar-refractivity contribution in [2.24, 2.45) is 5.73 Å². The van der Waals surface area contributed by atoms with Crippen molar-refractivity contribution in [3.8, 4) is 5.75 Å². The fraction of sp³-hybridized carbons (Fsp3) is 0.417. The summed E-state index contributed by atoms with van der Waals surface area (Å²) in [6.07, 6.45) is 0.811. The molecule has 0 bridgehead atoms. The highest BCUT2D eigenvalue weighted by Gasteiger charge is 2.28. The van der Waals surface area contributed by atoms with Gasteiger partial charge in [-0.3, -0.25) is 4.79 Å². The van der Waals surface area contributed by atoms with Gasteiger partial charge in [0.2, 0.25) is 5.91 Å². The number of benzene rings is 1. The summed E-state index contributed by atoms with van der Waals surface area (Å²) in [5.41, 5.74) is 7.27. The predicted molar refractivity (Wildman–Crippen MR) is 71.7 cm³/mol. The maximum Gasteiger partial charge on any atom is 0.245 e. The molecular weight excluding hydrogens is 300 g/mol. The summed E-state index contributed by atoms with van der Waals surface area (Å²) in [5, 5.41) is 2.73. The number of amides is 1. The molecule has 18 heavy (non-hydrogen) atoms. The molecule has 5 nitrogen and oxygen atoms in total. The first kappa shape index (κ1) is 13.3. The second kappa shape index (κ2) is 5.69. The van der Waals surface area contributed by atoms with E-state index in [2.05, 4.69) is 21.2 Å². The first-order chi connectivity index (χ1) is 8.63. The first-order valence-electron chi connectivity index (χ1n) is 5.65. The molecule has 6 heteroatoms. The van der Waals surface area contributed by atoms with Gasteiger partial charge in [-0.05, 0) is 22.0 Å². The van der Waals surface area contributed by atoms with Gasteiger partial charge in [-0.1, -0.05) is 0 Å². The number of methoxy groups -OCH3 is 1. The molecule has 0 aromatic heterocycles. The van der Waals surface area contributed by atoms with Crippen molar-refractivity contribution in [1.82, 2.24) is 0 Å². The molecule has 0 radical (unpaired) electrons. The molecule has 1 atom stereocenters. The topological polar surface area (TPSA) is 73.6 Å². The zero-order valence-electron chi connectivity index (χ0n) is 10.0. The van der Waals surface area contributed by atoms with Gasteiger partial charge in [0.25, 0.3) is 0 Å². The number of anilines is 1. The molecule has 0 aliphatic carbocycles. The predicted octanol–water partition coefficient (Wildman–Crippen LogP) is 1.82. The van der Waals surface area contributed by atoms with Crippen LogP contribution in [0.3, 0.4) is 0 Å². The summed E-state index contributed by atoms with van der Waals surface area (Å²) in [7, 11) is 1.65. The minimum atomic E-state index is -0.598. The summed E-state index contributed by atoms with van der Waals surface area (Å²) < 4.78 is 11.4. The number of carbonyl (C=O) groups is 1. The van der Waals surface area contributed by atoms with Gasteiger partial charge in [0.1, 0.15) is 11.8 Å². The number of rotatable bonds is 5. The van der Waals surface area contributed by atoms with E-state index < -0.39 is 6.04 Å². The van der Waals surface area contributed by atoms with Crippen molar-refractivity contribution < 1.29 is 14.3 Å². The van der Waals surface area contributed by atoms with Crippen LogP contribution >= 0.6 is 15.9 Å². The third-order valence-corrected chi connectivity index (χ3v) is 3.35.